The Bertz CT molecular complexity index is 1050. The number of hydrogen-bond acceptors (Lipinski definition) is 7. The van der Waals surface area contributed by atoms with E-state index in [1.165, 1.54) is 13.2 Å². The second kappa shape index (κ2) is 10.6. The Morgan fingerprint density at radius 1 is 1.21 bits per heavy atom. The van der Waals surface area contributed by atoms with Crippen LogP contribution in [0.5, 0.6) is 5.75 Å². The Morgan fingerprint density at radius 2 is 2.03 bits per heavy atom. The van der Waals surface area contributed by atoms with Gasteiger partial charge in [0.15, 0.2) is 0 Å². The molecule has 1 atom stereocenters. The number of fused-ring (bicyclic) bond motifs is 1. The summed E-state index contributed by atoms with van der Waals surface area (Å²) >= 11 is 0. The van der Waals surface area contributed by atoms with E-state index in [1.807, 2.05) is 12.1 Å². The molecule has 4 rings (SSSR count). The number of pyridine rings is 2. The number of aromatic nitrogens is 2. The highest BCUT2D eigenvalue weighted by Gasteiger charge is 2.31. The van der Waals surface area contributed by atoms with Crippen molar-refractivity contribution in [1.82, 2.24) is 14.5 Å². The first kappa shape index (κ1) is 23.0. The third-order valence-corrected chi connectivity index (χ3v) is 6.12. The summed E-state index contributed by atoms with van der Waals surface area (Å²) in [4.78, 5) is 44.1. The maximum absolute atomic E-state index is 12.9. The normalized spacial score (nSPS) is 17.8. The van der Waals surface area contributed by atoms with E-state index in [1.54, 1.807) is 21.9 Å². The van der Waals surface area contributed by atoms with Crippen LogP contribution in [0.3, 0.4) is 0 Å². The van der Waals surface area contributed by atoms with Gasteiger partial charge in [-0.1, -0.05) is 0 Å². The van der Waals surface area contributed by atoms with Gasteiger partial charge in [0, 0.05) is 56.8 Å². The van der Waals surface area contributed by atoms with Crippen molar-refractivity contribution < 1.29 is 23.8 Å². The molecule has 1 amide bonds. The van der Waals surface area contributed by atoms with Gasteiger partial charge in [-0.3, -0.25) is 14.6 Å². The summed E-state index contributed by atoms with van der Waals surface area (Å²) in [6, 6.07) is 5.23. The Hall–Kier alpha value is -3.20. The molecule has 176 valence electrons. The van der Waals surface area contributed by atoms with Crippen molar-refractivity contribution in [1.29, 1.82) is 0 Å². The molecule has 2 aliphatic heterocycles. The van der Waals surface area contributed by atoms with Crippen molar-refractivity contribution >= 4 is 11.9 Å². The molecule has 33 heavy (non-hydrogen) atoms. The van der Waals surface area contributed by atoms with E-state index >= 15 is 0 Å². The third kappa shape index (κ3) is 5.24. The molecule has 4 heterocycles. The zero-order valence-electron chi connectivity index (χ0n) is 18.8. The minimum Gasteiger partial charge on any atom is -0.492 e. The molecule has 1 fully saturated rings. The number of carbonyl (C=O) groups excluding carboxylic acids is 2. The molecule has 2 aromatic heterocycles. The second-order valence-electron chi connectivity index (χ2n) is 8.20. The summed E-state index contributed by atoms with van der Waals surface area (Å²) in [6.07, 6.45) is 6.52. The lowest BCUT2D eigenvalue weighted by Gasteiger charge is -2.23. The highest BCUT2D eigenvalue weighted by molar-refractivity contribution is 5.93. The van der Waals surface area contributed by atoms with E-state index in [9.17, 15) is 14.4 Å². The number of amides is 1. The molecule has 2 aliphatic rings. The Balaban J connectivity index is 1.51. The first-order chi connectivity index (χ1) is 16.1. The zero-order valence-corrected chi connectivity index (χ0v) is 18.8. The molecular formula is C24H29N3O6. The lowest BCUT2D eigenvalue weighted by molar-refractivity contribution is -0.140. The Kier molecular flexibility index (Phi) is 7.39. The van der Waals surface area contributed by atoms with Crippen LogP contribution in [0.4, 0.5) is 0 Å². The number of ether oxygens (including phenoxy) is 3. The van der Waals surface area contributed by atoms with Gasteiger partial charge in [0.1, 0.15) is 17.4 Å². The lowest BCUT2D eigenvalue weighted by Crippen LogP contribution is -2.40. The molecule has 0 spiro atoms. The predicted octanol–water partition coefficient (Wildman–Crippen LogP) is 1.61. The van der Waals surface area contributed by atoms with Crippen molar-refractivity contribution in [2.75, 3.05) is 33.4 Å². The number of aryl methyl sites for hydroxylation is 1. The van der Waals surface area contributed by atoms with E-state index in [4.69, 9.17) is 14.2 Å². The van der Waals surface area contributed by atoms with Crippen LogP contribution in [-0.4, -0.2) is 65.8 Å². The van der Waals surface area contributed by atoms with Crippen molar-refractivity contribution in [3.05, 3.63) is 57.8 Å². The van der Waals surface area contributed by atoms with Gasteiger partial charge in [-0.05, 0) is 43.4 Å². The average Bonchev–Trinajstić information content (AvgIpc) is 3.28. The number of carbonyl (C=O) groups is 2. The Morgan fingerprint density at radius 3 is 2.76 bits per heavy atom. The predicted molar refractivity (Wildman–Crippen MR) is 119 cm³/mol. The van der Waals surface area contributed by atoms with Crippen LogP contribution in [0.25, 0.3) is 0 Å². The highest BCUT2D eigenvalue weighted by atomic mass is 16.5. The topological polar surface area (TPSA) is 100.0 Å². The lowest BCUT2D eigenvalue weighted by atomic mass is 10.1. The molecule has 0 saturated carbocycles. The van der Waals surface area contributed by atoms with Crippen molar-refractivity contribution in [3.63, 3.8) is 0 Å². The molecule has 1 unspecified atom stereocenters. The number of hydrogen-bond donors (Lipinski definition) is 0. The molecule has 1 saturated heterocycles. The molecular weight excluding hydrogens is 426 g/mol. The molecule has 9 nitrogen and oxygen atoms in total. The SMILES string of the molecule is COC(=O)c1c(OCCCc2ccncc2)cc(=O)n2c1CCN(C(=O)C1CCCO1)CC2. The summed E-state index contributed by atoms with van der Waals surface area (Å²) < 4.78 is 18.0. The number of nitrogens with zero attached hydrogens (tertiary/aromatic N) is 3. The molecule has 0 aromatic carbocycles. The molecule has 2 aromatic rings. The monoisotopic (exact) mass is 455 g/mol. The highest BCUT2D eigenvalue weighted by Crippen LogP contribution is 2.25. The van der Waals surface area contributed by atoms with Crippen LogP contribution in [0.15, 0.2) is 35.4 Å². The quantitative estimate of drug-likeness (QED) is 0.462. The maximum Gasteiger partial charge on any atom is 0.343 e. The zero-order chi connectivity index (χ0) is 23.2. The minimum absolute atomic E-state index is 0.0550. The fraction of sp³-hybridized carbons (Fsp3) is 0.500. The van der Waals surface area contributed by atoms with Gasteiger partial charge in [0.05, 0.1) is 13.7 Å². The van der Waals surface area contributed by atoms with E-state index < -0.39 is 12.1 Å². The average molecular weight is 456 g/mol. The maximum atomic E-state index is 12.9. The van der Waals surface area contributed by atoms with Crippen LogP contribution in [0, 0.1) is 0 Å². The number of rotatable bonds is 7. The van der Waals surface area contributed by atoms with Crippen molar-refractivity contribution in [2.24, 2.45) is 0 Å². The van der Waals surface area contributed by atoms with Crippen LogP contribution in [0.2, 0.25) is 0 Å². The van der Waals surface area contributed by atoms with E-state index in [0.29, 0.717) is 57.8 Å². The van der Waals surface area contributed by atoms with Crippen LogP contribution >= 0.6 is 0 Å². The summed E-state index contributed by atoms with van der Waals surface area (Å²) in [6.45, 7) is 2.03. The van der Waals surface area contributed by atoms with Gasteiger partial charge in [-0.2, -0.15) is 0 Å². The Labute approximate surface area is 192 Å². The van der Waals surface area contributed by atoms with Gasteiger partial charge >= 0.3 is 5.97 Å². The third-order valence-electron chi connectivity index (χ3n) is 6.12. The van der Waals surface area contributed by atoms with Crippen molar-refractivity contribution in [3.8, 4) is 5.75 Å². The van der Waals surface area contributed by atoms with Gasteiger partial charge in [-0.15, -0.1) is 0 Å². The van der Waals surface area contributed by atoms with Gasteiger partial charge in [0.25, 0.3) is 11.5 Å². The van der Waals surface area contributed by atoms with E-state index in [-0.39, 0.29) is 22.8 Å². The van der Waals surface area contributed by atoms with Crippen LogP contribution in [-0.2, 0) is 33.7 Å². The van der Waals surface area contributed by atoms with Crippen molar-refractivity contribution in [2.45, 2.75) is 44.8 Å². The summed E-state index contributed by atoms with van der Waals surface area (Å²) in [7, 11) is 1.31. The summed E-state index contributed by atoms with van der Waals surface area (Å²) in [5.41, 5.74) is 1.68. The smallest absolute Gasteiger partial charge is 0.343 e. The largest absolute Gasteiger partial charge is 0.492 e. The second-order valence-corrected chi connectivity index (χ2v) is 8.20. The van der Waals surface area contributed by atoms with E-state index in [0.717, 1.165) is 18.4 Å². The standard InChI is InChI=1S/C24H29N3O6/c1-31-24(30)22-18-8-11-26(23(29)19-5-3-15-32-19)12-13-27(18)21(28)16-20(22)33-14-2-4-17-6-9-25-10-7-17/h6-7,9-10,16,19H,2-5,8,11-15H2,1H3. The fourth-order valence-corrected chi connectivity index (χ4v) is 4.39. The molecule has 0 radical (unpaired) electrons. The van der Waals surface area contributed by atoms with Crippen LogP contribution < -0.4 is 10.3 Å². The fourth-order valence-electron chi connectivity index (χ4n) is 4.39. The van der Waals surface area contributed by atoms with Gasteiger partial charge in [0.2, 0.25) is 0 Å². The first-order valence-electron chi connectivity index (χ1n) is 11.4. The molecule has 0 N–H and O–H groups in total. The van der Waals surface area contributed by atoms with Gasteiger partial charge in [-0.25, -0.2) is 4.79 Å². The number of methoxy groups -OCH3 is 1. The molecule has 9 heteroatoms. The summed E-state index contributed by atoms with van der Waals surface area (Å²) in [5, 5.41) is 0. The van der Waals surface area contributed by atoms with Gasteiger partial charge < -0.3 is 23.7 Å². The summed E-state index contributed by atoms with van der Waals surface area (Å²) in [5.74, 6) is -0.380. The molecule has 0 aliphatic carbocycles. The number of esters is 1. The van der Waals surface area contributed by atoms with E-state index in [2.05, 4.69) is 4.98 Å². The first-order valence-corrected chi connectivity index (χ1v) is 11.4. The van der Waals surface area contributed by atoms with Crippen LogP contribution in [0.1, 0.15) is 40.9 Å². The molecule has 0 bridgehead atoms. The minimum atomic E-state index is -0.554.